The molecule has 106 valence electrons. The Morgan fingerprint density at radius 2 is 2.11 bits per heavy atom. The van der Waals surface area contributed by atoms with Crippen molar-refractivity contribution in [2.24, 2.45) is 27.4 Å². The van der Waals surface area contributed by atoms with E-state index in [2.05, 4.69) is 28.8 Å². The molecule has 6 nitrogen and oxygen atoms in total. The molecule has 19 heavy (non-hydrogen) atoms. The molecule has 6 heteroatoms. The van der Waals surface area contributed by atoms with E-state index in [1.54, 1.807) is 13.0 Å². The van der Waals surface area contributed by atoms with Crippen molar-refractivity contribution < 1.29 is 5.11 Å². The van der Waals surface area contributed by atoms with Gasteiger partial charge in [0.15, 0.2) is 5.96 Å². The van der Waals surface area contributed by atoms with Crippen molar-refractivity contribution in [3.8, 4) is 0 Å². The molecule has 0 aromatic rings. The maximum Gasteiger partial charge on any atom is 0.225 e. The van der Waals surface area contributed by atoms with Crippen molar-refractivity contribution in [3.05, 3.63) is 23.9 Å². The topological polar surface area (TPSA) is 109 Å². The smallest absolute Gasteiger partial charge is 0.225 e. The Balaban J connectivity index is 2.75. The predicted octanol–water partition coefficient (Wildman–Crippen LogP) is 0.455. The van der Waals surface area contributed by atoms with Crippen LogP contribution in [0.5, 0.6) is 0 Å². The number of allylic oxidation sites excluding steroid dienone is 1. The number of nitrogens with zero attached hydrogens (tertiary/aromatic N) is 2. The summed E-state index contributed by atoms with van der Waals surface area (Å²) >= 11 is 0. The minimum atomic E-state index is -0.594. The number of guanidine groups is 2. The molecule has 1 fully saturated rings. The van der Waals surface area contributed by atoms with E-state index in [0.29, 0.717) is 17.5 Å². The first-order valence-electron chi connectivity index (χ1n) is 6.29. The fourth-order valence-electron chi connectivity index (χ4n) is 1.46. The molecular formula is C13H23N5O. The Bertz CT molecular complexity index is 432. The van der Waals surface area contributed by atoms with Gasteiger partial charge in [-0.2, -0.15) is 4.99 Å². The summed E-state index contributed by atoms with van der Waals surface area (Å²) in [6, 6.07) is 0.276. The lowest BCUT2D eigenvalue weighted by Gasteiger charge is -2.09. The van der Waals surface area contributed by atoms with E-state index in [9.17, 15) is 5.11 Å². The Kier molecular flexibility index (Phi) is 5.11. The van der Waals surface area contributed by atoms with Gasteiger partial charge in [-0.1, -0.05) is 13.5 Å². The van der Waals surface area contributed by atoms with Crippen molar-refractivity contribution in [2.75, 3.05) is 0 Å². The summed E-state index contributed by atoms with van der Waals surface area (Å²) in [6.45, 7) is 9.37. The lowest BCUT2D eigenvalue weighted by molar-refractivity contribution is 0.235. The van der Waals surface area contributed by atoms with Gasteiger partial charge in [-0.05, 0) is 37.8 Å². The molecule has 3 atom stereocenters. The van der Waals surface area contributed by atoms with Gasteiger partial charge in [0.05, 0.1) is 12.1 Å². The molecule has 0 radical (unpaired) electrons. The van der Waals surface area contributed by atoms with Gasteiger partial charge >= 0.3 is 0 Å². The first-order chi connectivity index (χ1) is 8.79. The zero-order valence-corrected chi connectivity index (χ0v) is 11.7. The van der Waals surface area contributed by atoms with Crippen LogP contribution >= 0.6 is 0 Å². The van der Waals surface area contributed by atoms with E-state index >= 15 is 0 Å². The van der Waals surface area contributed by atoms with Gasteiger partial charge in [0, 0.05) is 5.70 Å². The van der Waals surface area contributed by atoms with Crippen molar-refractivity contribution in [2.45, 2.75) is 39.3 Å². The van der Waals surface area contributed by atoms with Crippen LogP contribution in [0.25, 0.3) is 0 Å². The van der Waals surface area contributed by atoms with E-state index in [-0.39, 0.29) is 12.0 Å². The van der Waals surface area contributed by atoms with Crippen LogP contribution in [0.2, 0.25) is 0 Å². The lowest BCUT2D eigenvalue weighted by atomic mass is 10.1. The number of nitrogens with one attached hydrogen (secondary N) is 1. The molecule has 1 aliphatic carbocycles. The first-order valence-corrected chi connectivity index (χ1v) is 6.29. The van der Waals surface area contributed by atoms with Gasteiger partial charge in [0.25, 0.3) is 0 Å². The second-order valence-electron chi connectivity index (χ2n) is 4.97. The molecule has 1 saturated carbocycles. The first kappa shape index (κ1) is 15.2. The van der Waals surface area contributed by atoms with E-state index in [1.807, 2.05) is 6.92 Å². The molecular weight excluding hydrogens is 242 g/mol. The molecule has 1 aliphatic rings. The van der Waals surface area contributed by atoms with Gasteiger partial charge in [0.1, 0.15) is 0 Å². The Morgan fingerprint density at radius 1 is 1.53 bits per heavy atom. The van der Waals surface area contributed by atoms with Crippen molar-refractivity contribution in [1.82, 2.24) is 5.32 Å². The van der Waals surface area contributed by atoms with Gasteiger partial charge in [-0.15, -0.1) is 0 Å². The highest BCUT2D eigenvalue weighted by atomic mass is 16.3. The number of aliphatic hydroxyl groups excluding tert-OH is 1. The number of hydrogen-bond donors (Lipinski definition) is 4. The molecule has 0 heterocycles. The minimum absolute atomic E-state index is 0.0401. The summed E-state index contributed by atoms with van der Waals surface area (Å²) in [5.74, 6) is 0.922. The van der Waals surface area contributed by atoms with E-state index in [0.717, 1.165) is 12.1 Å². The molecule has 1 rings (SSSR count). The van der Waals surface area contributed by atoms with Crippen LogP contribution in [-0.4, -0.2) is 29.2 Å². The number of hydrogen-bond acceptors (Lipinski definition) is 2. The second-order valence-corrected chi connectivity index (χ2v) is 4.97. The Hall–Kier alpha value is -1.82. The van der Waals surface area contributed by atoms with Gasteiger partial charge in [-0.3, -0.25) is 0 Å². The van der Waals surface area contributed by atoms with E-state index < -0.39 is 6.10 Å². The van der Waals surface area contributed by atoms with Crippen LogP contribution in [-0.2, 0) is 0 Å². The highest BCUT2D eigenvalue weighted by molar-refractivity contribution is 5.94. The van der Waals surface area contributed by atoms with E-state index in [1.165, 1.54) is 0 Å². The second kappa shape index (κ2) is 6.38. The molecule has 0 aliphatic heterocycles. The summed E-state index contributed by atoms with van der Waals surface area (Å²) < 4.78 is 0. The van der Waals surface area contributed by atoms with Crippen molar-refractivity contribution >= 4 is 11.9 Å². The number of nitrogens with two attached hydrogens (primary N) is 2. The standard InChI is InChI=1S/C13H23N5O/c1-7(10(4)19)5-9(3)16-13(18-12(14)15)17-11-6-8(11)2/h5,8,10-11,19H,1,6H2,2-4H3,(H5,14,15,16,17,18)/b9-5+. The summed E-state index contributed by atoms with van der Waals surface area (Å²) in [5.41, 5.74) is 12.1. The van der Waals surface area contributed by atoms with Crippen LogP contribution in [0.1, 0.15) is 27.2 Å². The maximum atomic E-state index is 9.37. The predicted molar refractivity (Wildman–Crippen MR) is 78.5 cm³/mol. The van der Waals surface area contributed by atoms with E-state index in [4.69, 9.17) is 11.5 Å². The average Bonchev–Trinajstić information content (AvgIpc) is 2.92. The zero-order valence-electron chi connectivity index (χ0n) is 11.7. The lowest BCUT2D eigenvalue weighted by Crippen LogP contribution is -2.29. The minimum Gasteiger partial charge on any atom is -0.389 e. The zero-order chi connectivity index (χ0) is 14.6. The Labute approximate surface area is 114 Å². The number of rotatable bonds is 4. The molecule has 0 aromatic carbocycles. The van der Waals surface area contributed by atoms with Crippen LogP contribution < -0.4 is 16.8 Å². The van der Waals surface area contributed by atoms with Gasteiger partial charge < -0.3 is 21.9 Å². The molecule has 3 unspecified atom stereocenters. The van der Waals surface area contributed by atoms with Gasteiger partial charge in [0.2, 0.25) is 5.96 Å². The highest BCUT2D eigenvalue weighted by Gasteiger charge is 2.32. The average molecular weight is 265 g/mol. The molecule has 0 bridgehead atoms. The number of aliphatic hydroxyl groups is 1. The highest BCUT2D eigenvalue weighted by Crippen LogP contribution is 2.32. The normalized spacial score (nSPS) is 24.6. The summed E-state index contributed by atoms with van der Waals surface area (Å²) in [7, 11) is 0. The summed E-state index contributed by atoms with van der Waals surface area (Å²) in [5, 5.41) is 12.4. The third-order valence-corrected chi connectivity index (χ3v) is 2.84. The monoisotopic (exact) mass is 265 g/mol. The van der Waals surface area contributed by atoms with Crippen LogP contribution in [0, 0.1) is 5.92 Å². The summed E-state index contributed by atoms with van der Waals surface area (Å²) in [6.07, 6.45) is 2.19. The Morgan fingerprint density at radius 3 is 2.53 bits per heavy atom. The van der Waals surface area contributed by atoms with Crippen LogP contribution in [0.4, 0.5) is 0 Å². The fraction of sp³-hybridized carbons (Fsp3) is 0.538. The SMILES string of the molecule is C=C(/C=C(\C)NC(N=C(N)N)=NC1CC1C)C(C)O. The quantitative estimate of drug-likeness (QED) is 0.336. The molecule has 0 saturated heterocycles. The van der Waals surface area contributed by atoms with Crippen LogP contribution in [0.15, 0.2) is 33.9 Å². The fourth-order valence-corrected chi connectivity index (χ4v) is 1.46. The molecule has 0 amide bonds. The largest absolute Gasteiger partial charge is 0.389 e. The molecule has 0 spiro atoms. The molecule has 0 aromatic heterocycles. The third kappa shape index (κ3) is 5.56. The summed E-state index contributed by atoms with van der Waals surface area (Å²) in [4.78, 5) is 8.39. The van der Waals surface area contributed by atoms with Crippen molar-refractivity contribution in [3.63, 3.8) is 0 Å². The maximum absolute atomic E-state index is 9.37. The van der Waals surface area contributed by atoms with Crippen molar-refractivity contribution in [1.29, 1.82) is 0 Å². The number of aliphatic imine (C=N–C) groups is 2. The third-order valence-electron chi connectivity index (χ3n) is 2.84. The molecule has 6 N–H and O–H groups in total. The van der Waals surface area contributed by atoms with Crippen LogP contribution in [0.3, 0.4) is 0 Å². The van der Waals surface area contributed by atoms with Gasteiger partial charge in [-0.25, -0.2) is 4.99 Å².